The summed E-state index contributed by atoms with van der Waals surface area (Å²) in [6, 6.07) is 8.58. The normalized spacial score (nSPS) is 10.7. The average Bonchev–Trinajstić information content (AvgIpc) is 3.30. The molecule has 3 aromatic rings. The van der Waals surface area contributed by atoms with Crippen LogP contribution in [0.25, 0.3) is 0 Å². The van der Waals surface area contributed by atoms with E-state index in [0.717, 1.165) is 11.3 Å². The molecule has 0 fully saturated rings. The molecule has 1 amide bonds. The van der Waals surface area contributed by atoms with Crippen LogP contribution in [0.4, 0.5) is 17.2 Å². The highest BCUT2D eigenvalue weighted by molar-refractivity contribution is 5.96. The number of aromatic nitrogens is 2. The molecule has 0 spiro atoms. The number of aromatic amines is 1. The van der Waals surface area contributed by atoms with Gasteiger partial charge in [0.25, 0.3) is 17.2 Å². The predicted molar refractivity (Wildman–Crippen MR) is 119 cm³/mol. The van der Waals surface area contributed by atoms with E-state index in [9.17, 15) is 24.5 Å². The van der Waals surface area contributed by atoms with E-state index in [4.69, 9.17) is 14.9 Å². The second kappa shape index (κ2) is 10.3. The molecule has 0 aliphatic heterocycles. The van der Waals surface area contributed by atoms with Crippen LogP contribution in [0.1, 0.15) is 25.5 Å². The van der Waals surface area contributed by atoms with E-state index in [-0.39, 0.29) is 36.0 Å². The highest BCUT2D eigenvalue weighted by atomic mass is 16.6. The van der Waals surface area contributed by atoms with E-state index in [1.807, 2.05) is 6.92 Å². The van der Waals surface area contributed by atoms with Crippen LogP contribution in [0, 0.1) is 10.1 Å². The first-order valence-corrected chi connectivity index (χ1v) is 10.1. The highest BCUT2D eigenvalue weighted by Crippen LogP contribution is 2.22. The lowest BCUT2D eigenvalue weighted by Crippen LogP contribution is -2.42. The topological polar surface area (TPSA) is 167 Å². The number of nitrogens with two attached hydrogens (primary N) is 1. The third-order valence-corrected chi connectivity index (χ3v) is 4.81. The van der Waals surface area contributed by atoms with Gasteiger partial charge in [-0.25, -0.2) is 4.79 Å². The standard InChI is InChI=1S/C21H23N5O7/c1-2-3-9-24-19(22)18(20(28)23-21(24)29)25(12-16-8-5-10-32-16)17(27)13-33-15-7-4-6-14(11-15)26(30)31/h4-8,10-11H,2-3,9,12-13,22H2,1H3,(H,23,28,29). The number of nitrogen functional groups attached to an aromatic ring is 1. The van der Waals surface area contributed by atoms with Gasteiger partial charge in [0.2, 0.25) is 0 Å². The van der Waals surface area contributed by atoms with Gasteiger partial charge in [0.05, 0.1) is 23.8 Å². The summed E-state index contributed by atoms with van der Waals surface area (Å²) >= 11 is 0. The van der Waals surface area contributed by atoms with Crippen molar-refractivity contribution in [2.75, 3.05) is 17.2 Å². The molecule has 33 heavy (non-hydrogen) atoms. The predicted octanol–water partition coefficient (Wildman–Crippen LogP) is 2.03. The first-order valence-electron chi connectivity index (χ1n) is 10.1. The number of H-pyrrole nitrogens is 1. The number of benzene rings is 1. The number of nitrogens with zero attached hydrogens (tertiary/aromatic N) is 3. The van der Waals surface area contributed by atoms with E-state index in [2.05, 4.69) is 4.98 Å². The molecule has 0 aliphatic carbocycles. The first kappa shape index (κ1) is 23.3. The number of amides is 1. The van der Waals surface area contributed by atoms with Crippen molar-refractivity contribution in [2.24, 2.45) is 0 Å². The molecule has 0 atom stereocenters. The average molecular weight is 457 g/mol. The van der Waals surface area contributed by atoms with Gasteiger partial charge in [0, 0.05) is 12.6 Å². The fraction of sp³-hybridized carbons (Fsp3) is 0.286. The number of carbonyl (C=O) groups is 1. The van der Waals surface area contributed by atoms with Crippen LogP contribution in [-0.2, 0) is 17.9 Å². The molecular formula is C21H23N5O7. The summed E-state index contributed by atoms with van der Waals surface area (Å²) in [4.78, 5) is 51.7. The van der Waals surface area contributed by atoms with E-state index >= 15 is 0 Å². The van der Waals surface area contributed by atoms with Crippen LogP contribution >= 0.6 is 0 Å². The number of hydrogen-bond donors (Lipinski definition) is 2. The lowest BCUT2D eigenvalue weighted by Gasteiger charge is -2.23. The molecule has 3 rings (SSSR count). The van der Waals surface area contributed by atoms with Crippen molar-refractivity contribution in [3.63, 3.8) is 0 Å². The van der Waals surface area contributed by atoms with Gasteiger partial charge in [-0.1, -0.05) is 19.4 Å². The fourth-order valence-electron chi connectivity index (χ4n) is 3.14. The first-order chi connectivity index (χ1) is 15.8. The minimum absolute atomic E-state index is 0.102. The third-order valence-electron chi connectivity index (χ3n) is 4.81. The monoisotopic (exact) mass is 457 g/mol. The molecule has 2 aromatic heterocycles. The van der Waals surface area contributed by atoms with Gasteiger partial charge in [-0.15, -0.1) is 0 Å². The molecule has 0 saturated heterocycles. The van der Waals surface area contributed by atoms with Gasteiger partial charge in [0.1, 0.15) is 17.3 Å². The molecule has 174 valence electrons. The number of hydrogen-bond acceptors (Lipinski definition) is 8. The quantitative estimate of drug-likeness (QED) is 0.344. The number of rotatable bonds is 10. The molecule has 0 bridgehead atoms. The zero-order valence-electron chi connectivity index (χ0n) is 17.9. The minimum atomic E-state index is -0.833. The van der Waals surface area contributed by atoms with Crippen molar-refractivity contribution in [2.45, 2.75) is 32.9 Å². The lowest BCUT2D eigenvalue weighted by atomic mass is 10.3. The van der Waals surface area contributed by atoms with Gasteiger partial charge >= 0.3 is 5.69 Å². The molecule has 12 nitrogen and oxygen atoms in total. The maximum atomic E-state index is 13.1. The van der Waals surface area contributed by atoms with Gasteiger partial charge < -0.3 is 14.9 Å². The Hall–Kier alpha value is -4.35. The van der Waals surface area contributed by atoms with Crippen molar-refractivity contribution in [3.05, 3.63) is 79.4 Å². The minimum Gasteiger partial charge on any atom is -0.483 e. The summed E-state index contributed by atoms with van der Waals surface area (Å²) in [5.74, 6) is -0.364. The third kappa shape index (κ3) is 5.47. The molecule has 3 N–H and O–H groups in total. The Morgan fingerprint density at radius 3 is 2.76 bits per heavy atom. The Bertz CT molecular complexity index is 1250. The van der Waals surface area contributed by atoms with Crippen LogP contribution in [0.2, 0.25) is 0 Å². The van der Waals surface area contributed by atoms with Gasteiger partial charge in [-0.05, 0) is 24.6 Å². The maximum Gasteiger partial charge on any atom is 0.330 e. The van der Waals surface area contributed by atoms with E-state index in [1.165, 1.54) is 35.1 Å². The highest BCUT2D eigenvalue weighted by Gasteiger charge is 2.26. The maximum absolute atomic E-state index is 13.1. The summed E-state index contributed by atoms with van der Waals surface area (Å²) in [6.07, 6.45) is 2.83. The second-order valence-electron chi connectivity index (χ2n) is 7.10. The summed E-state index contributed by atoms with van der Waals surface area (Å²) < 4.78 is 11.9. The molecule has 12 heteroatoms. The Labute approximate surface area is 187 Å². The molecule has 0 saturated carbocycles. The van der Waals surface area contributed by atoms with Crippen LogP contribution < -0.4 is 26.6 Å². The van der Waals surface area contributed by atoms with Crippen LogP contribution in [-0.4, -0.2) is 27.0 Å². The second-order valence-corrected chi connectivity index (χ2v) is 7.10. The van der Waals surface area contributed by atoms with Crippen molar-refractivity contribution in [1.82, 2.24) is 9.55 Å². The zero-order chi connectivity index (χ0) is 24.0. The number of ether oxygens (including phenoxy) is 1. The lowest BCUT2D eigenvalue weighted by molar-refractivity contribution is -0.384. The van der Waals surface area contributed by atoms with Crippen LogP contribution in [0.3, 0.4) is 0 Å². The van der Waals surface area contributed by atoms with E-state index < -0.39 is 28.7 Å². The number of anilines is 2. The molecule has 0 unspecified atom stereocenters. The summed E-state index contributed by atoms with van der Waals surface area (Å²) in [6.45, 7) is 1.50. The van der Waals surface area contributed by atoms with Gasteiger partial charge in [0.15, 0.2) is 12.3 Å². The van der Waals surface area contributed by atoms with Gasteiger partial charge in [-0.2, -0.15) is 0 Å². The Morgan fingerprint density at radius 1 is 1.30 bits per heavy atom. The van der Waals surface area contributed by atoms with Crippen molar-refractivity contribution in [3.8, 4) is 5.75 Å². The zero-order valence-corrected chi connectivity index (χ0v) is 17.9. The largest absolute Gasteiger partial charge is 0.483 e. The van der Waals surface area contributed by atoms with Crippen LogP contribution in [0.15, 0.2) is 56.7 Å². The molecular weight excluding hydrogens is 434 g/mol. The number of nitro benzene ring substituents is 1. The molecule has 0 radical (unpaired) electrons. The van der Waals surface area contributed by atoms with Crippen molar-refractivity contribution in [1.29, 1.82) is 0 Å². The number of nitro groups is 1. The number of carbonyl (C=O) groups excluding carboxylic acids is 1. The van der Waals surface area contributed by atoms with E-state index in [1.54, 1.807) is 12.1 Å². The summed E-state index contributed by atoms with van der Waals surface area (Å²) in [7, 11) is 0. The van der Waals surface area contributed by atoms with Crippen LogP contribution in [0.5, 0.6) is 5.75 Å². The molecule has 2 heterocycles. The number of nitrogens with one attached hydrogen (secondary N) is 1. The SMILES string of the molecule is CCCCn1c(N)c(N(Cc2ccco2)C(=O)COc2cccc([N+](=O)[O-])c2)c(=O)[nH]c1=O. The summed E-state index contributed by atoms with van der Waals surface area (Å²) in [5.41, 5.74) is 4.24. The van der Waals surface area contributed by atoms with E-state index in [0.29, 0.717) is 12.2 Å². The smallest absolute Gasteiger partial charge is 0.330 e. The number of unbranched alkanes of at least 4 members (excludes halogenated alkanes) is 1. The fourth-order valence-corrected chi connectivity index (χ4v) is 3.14. The Balaban J connectivity index is 1.94. The number of furan rings is 1. The van der Waals surface area contributed by atoms with Crippen molar-refractivity contribution >= 4 is 23.1 Å². The molecule has 0 aliphatic rings. The van der Waals surface area contributed by atoms with Crippen molar-refractivity contribution < 1.29 is 18.9 Å². The Kier molecular flexibility index (Phi) is 7.28. The Morgan fingerprint density at radius 2 is 2.09 bits per heavy atom. The number of non-ortho nitro benzene ring substituents is 1. The molecule has 1 aromatic carbocycles. The van der Waals surface area contributed by atoms with Gasteiger partial charge in [-0.3, -0.25) is 34.2 Å². The summed E-state index contributed by atoms with van der Waals surface area (Å²) in [5, 5.41) is 11.0.